The first-order valence-corrected chi connectivity index (χ1v) is 13.0. The number of rotatable bonds is 5. The zero-order valence-electron chi connectivity index (χ0n) is 21.8. The van der Waals surface area contributed by atoms with Crippen molar-refractivity contribution in [3.63, 3.8) is 0 Å². The molecule has 38 heavy (non-hydrogen) atoms. The zero-order valence-corrected chi connectivity index (χ0v) is 22.6. The molecule has 2 aliphatic heterocycles. The fourth-order valence-corrected chi connectivity index (χ4v) is 5.80. The predicted octanol–water partition coefficient (Wildman–Crippen LogP) is 4.17. The van der Waals surface area contributed by atoms with E-state index in [0.29, 0.717) is 18.9 Å². The average molecular weight is 533 g/mol. The maximum absolute atomic E-state index is 13.2. The number of hydrogen-bond donors (Lipinski definition) is 0. The van der Waals surface area contributed by atoms with Gasteiger partial charge in [-0.05, 0) is 43.8 Å². The van der Waals surface area contributed by atoms with Gasteiger partial charge in [0.2, 0.25) is 5.91 Å². The maximum Gasteiger partial charge on any atom is 0.258 e. The first kappa shape index (κ1) is 26.1. The highest BCUT2D eigenvalue weighted by molar-refractivity contribution is 5.88. The Labute approximate surface area is 228 Å². The highest BCUT2D eigenvalue weighted by Gasteiger charge is 2.33. The molecule has 1 saturated heterocycles. The summed E-state index contributed by atoms with van der Waals surface area (Å²) in [6.07, 6.45) is 3.56. The number of fused-ring (bicyclic) bond motifs is 3. The molecule has 8 heteroatoms. The van der Waals surface area contributed by atoms with Crippen LogP contribution in [0.3, 0.4) is 0 Å². The molecular formula is C30H33ClN4O3. The van der Waals surface area contributed by atoms with Gasteiger partial charge in [0.05, 0.1) is 17.1 Å². The van der Waals surface area contributed by atoms with Crippen molar-refractivity contribution in [2.45, 2.75) is 26.0 Å². The number of benzene rings is 2. The molecule has 1 unspecified atom stereocenters. The molecule has 0 spiro atoms. The molecular weight excluding hydrogens is 500 g/mol. The second kappa shape index (κ2) is 10.7. The van der Waals surface area contributed by atoms with Gasteiger partial charge in [0.25, 0.3) is 5.56 Å². The first-order chi connectivity index (χ1) is 18.0. The van der Waals surface area contributed by atoms with Gasteiger partial charge in [0, 0.05) is 62.0 Å². The Hall–Kier alpha value is -3.55. The normalized spacial score (nSPS) is 17.3. The lowest BCUT2D eigenvalue weighted by Crippen LogP contribution is -2.40. The smallest absolute Gasteiger partial charge is 0.258 e. The van der Waals surface area contributed by atoms with Crippen molar-refractivity contribution in [1.82, 2.24) is 18.9 Å². The largest absolute Gasteiger partial charge is 0.489 e. The molecule has 2 aromatic heterocycles. The third-order valence-electron chi connectivity index (χ3n) is 7.86. The lowest BCUT2D eigenvalue weighted by Gasteiger charge is -2.30. The summed E-state index contributed by atoms with van der Waals surface area (Å²) in [4.78, 5) is 30.4. The van der Waals surface area contributed by atoms with Crippen LogP contribution in [-0.2, 0) is 31.4 Å². The summed E-state index contributed by atoms with van der Waals surface area (Å²) in [7, 11) is 4.16. The van der Waals surface area contributed by atoms with Crippen molar-refractivity contribution in [2.24, 2.45) is 13.0 Å². The number of likely N-dealkylation sites (tertiary alicyclic amines) is 1. The standard InChI is InChI=1S/C30H32N4O3.ClH/c1-31-13-10-22(18-31)30(36)33-14-12-27-26(19-33)25-9-8-23(16-28(25)32(27)2)34-15-11-24(17-29(34)35)37-20-21-6-4-3-5-7-21;/h3-9,11,15-17,22H,10,12-14,18-20H2,1-2H3;1H. The van der Waals surface area contributed by atoms with Gasteiger partial charge in [-0.1, -0.05) is 36.4 Å². The van der Waals surface area contributed by atoms with Gasteiger partial charge < -0.3 is 19.1 Å². The van der Waals surface area contributed by atoms with E-state index in [2.05, 4.69) is 35.7 Å². The molecule has 0 bridgehead atoms. The minimum atomic E-state index is -0.137. The molecule has 4 heterocycles. The number of aryl methyl sites for hydroxylation is 1. The van der Waals surface area contributed by atoms with Crippen molar-refractivity contribution < 1.29 is 9.53 Å². The molecule has 0 radical (unpaired) electrons. The van der Waals surface area contributed by atoms with Gasteiger partial charge in [0.1, 0.15) is 12.4 Å². The van der Waals surface area contributed by atoms with Crippen molar-refractivity contribution in [2.75, 3.05) is 26.7 Å². The van der Waals surface area contributed by atoms with Gasteiger partial charge in [-0.15, -0.1) is 12.4 Å². The molecule has 4 aromatic rings. The van der Waals surface area contributed by atoms with Gasteiger partial charge in [-0.25, -0.2) is 0 Å². The lowest BCUT2D eigenvalue weighted by molar-refractivity contribution is -0.136. The van der Waals surface area contributed by atoms with E-state index in [1.807, 2.05) is 47.4 Å². The molecule has 6 rings (SSSR count). The van der Waals surface area contributed by atoms with E-state index >= 15 is 0 Å². The Morgan fingerprint density at radius 3 is 2.58 bits per heavy atom. The number of carbonyl (C=O) groups is 1. The highest BCUT2D eigenvalue weighted by atomic mass is 35.5. The first-order valence-electron chi connectivity index (χ1n) is 13.0. The molecule has 0 aliphatic carbocycles. The van der Waals surface area contributed by atoms with Gasteiger partial charge in [0.15, 0.2) is 0 Å². The summed E-state index contributed by atoms with van der Waals surface area (Å²) in [5, 5.41) is 1.15. The highest BCUT2D eigenvalue weighted by Crippen LogP contribution is 2.32. The maximum atomic E-state index is 13.2. The van der Waals surface area contributed by atoms with Crippen LogP contribution in [0.25, 0.3) is 16.6 Å². The molecule has 0 N–H and O–H groups in total. The van der Waals surface area contributed by atoms with E-state index < -0.39 is 0 Å². The summed E-state index contributed by atoms with van der Waals surface area (Å²) < 4.78 is 9.70. The summed E-state index contributed by atoms with van der Waals surface area (Å²) in [5.74, 6) is 0.947. The van der Waals surface area contributed by atoms with Crippen LogP contribution in [-0.4, -0.2) is 51.5 Å². The van der Waals surface area contributed by atoms with E-state index in [4.69, 9.17) is 4.74 Å². The SMILES string of the molecule is CN1CCC(C(=O)N2CCc3c(c4ccc(-n5ccc(OCc6ccccc6)cc5=O)cc4n3C)C2)C1.Cl. The quantitative estimate of drug-likeness (QED) is 0.387. The van der Waals surface area contributed by atoms with Crippen LogP contribution in [0.5, 0.6) is 5.75 Å². The number of ether oxygens (including phenoxy) is 1. The summed E-state index contributed by atoms with van der Waals surface area (Å²) in [6, 6.07) is 19.4. The van der Waals surface area contributed by atoms with Crippen LogP contribution in [0, 0.1) is 5.92 Å². The van der Waals surface area contributed by atoms with Gasteiger partial charge in [-0.3, -0.25) is 14.2 Å². The zero-order chi connectivity index (χ0) is 25.5. The third kappa shape index (κ3) is 4.84. The second-order valence-corrected chi connectivity index (χ2v) is 10.3. The molecule has 1 amide bonds. The number of aromatic nitrogens is 2. The van der Waals surface area contributed by atoms with Crippen molar-refractivity contribution in [3.05, 3.63) is 94.0 Å². The van der Waals surface area contributed by atoms with Crippen LogP contribution < -0.4 is 10.3 Å². The second-order valence-electron chi connectivity index (χ2n) is 10.3. The van der Waals surface area contributed by atoms with E-state index in [1.165, 1.54) is 17.3 Å². The van der Waals surface area contributed by atoms with Crippen molar-refractivity contribution in [1.29, 1.82) is 0 Å². The van der Waals surface area contributed by atoms with Gasteiger partial charge >= 0.3 is 0 Å². The lowest BCUT2D eigenvalue weighted by atomic mass is 10.0. The molecule has 2 aromatic carbocycles. The molecule has 2 aliphatic rings. The van der Waals surface area contributed by atoms with Crippen molar-refractivity contribution in [3.8, 4) is 11.4 Å². The fourth-order valence-electron chi connectivity index (χ4n) is 5.80. The van der Waals surface area contributed by atoms with Crippen LogP contribution in [0.2, 0.25) is 0 Å². The van der Waals surface area contributed by atoms with E-state index in [1.54, 1.807) is 10.8 Å². The Morgan fingerprint density at radius 1 is 1.03 bits per heavy atom. The molecule has 1 fully saturated rings. The predicted molar refractivity (Wildman–Crippen MR) is 151 cm³/mol. The molecule has 7 nitrogen and oxygen atoms in total. The Morgan fingerprint density at radius 2 is 1.84 bits per heavy atom. The Bertz CT molecular complexity index is 1530. The molecule has 198 valence electrons. The number of amides is 1. The average Bonchev–Trinajstić information content (AvgIpc) is 3.48. The minimum Gasteiger partial charge on any atom is -0.489 e. The summed E-state index contributed by atoms with van der Waals surface area (Å²) in [5.41, 5.74) is 5.31. The number of hydrogen-bond acceptors (Lipinski definition) is 4. The van der Waals surface area contributed by atoms with Crippen LogP contribution in [0.1, 0.15) is 23.2 Å². The fraction of sp³-hybridized carbons (Fsp3) is 0.333. The monoisotopic (exact) mass is 532 g/mol. The van der Waals surface area contributed by atoms with Crippen molar-refractivity contribution >= 4 is 29.2 Å². The Kier molecular flexibility index (Phi) is 7.32. The molecule has 0 saturated carbocycles. The molecule has 1 atom stereocenters. The number of carbonyl (C=O) groups excluding carboxylic acids is 1. The van der Waals surface area contributed by atoms with E-state index in [9.17, 15) is 9.59 Å². The summed E-state index contributed by atoms with van der Waals surface area (Å²) in [6.45, 7) is 3.67. The van der Waals surface area contributed by atoms with Gasteiger partial charge in [-0.2, -0.15) is 0 Å². The third-order valence-corrected chi connectivity index (χ3v) is 7.86. The Balaban J connectivity index is 0.00000294. The number of pyridine rings is 1. The van der Waals surface area contributed by atoms with Crippen LogP contribution >= 0.6 is 12.4 Å². The van der Waals surface area contributed by atoms with Crippen LogP contribution in [0.4, 0.5) is 0 Å². The number of nitrogens with zero attached hydrogens (tertiary/aromatic N) is 4. The van der Waals surface area contributed by atoms with E-state index in [0.717, 1.165) is 54.6 Å². The van der Waals surface area contributed by atoms with Crippen LogP contribution in [0.15, 0.2) is 71.7 Å². The minimum absolute atomic E-state index is 0. The topological polar surface area (TPSA) is 59.7 Å². The number of halogens is 1. The van der Waals surface area contributed by atoms with E-state index in [-0.39, 0.29) is 29.8 Å². The summed E-state index contributed by atoms with van der Waals surface area (Å²) >= 11 is 0.